The fourth-order valence-corrected chi connectivity index (χ4v) is 1.74. The van der Waals surface area contributed by atoms with Crippen molar-refractivity contribution in [3.05, 3.63) is 24.3 Å². The highest BCUT2D eigenvalue weighted by atomic mass is 16.3. The number of aliphatic hydroxyl groups is 2. The first-order valence-corrected chi connectivity index (χ1v) is 5.93. The summed E-state index contributed by atoms with van der Waals surface area (Å²) in [5, 5.41) is 34.4. The molecule has 0 unspecified atom stereocenters. The molecular weight excluding hydrogens is 248 g/mol. The first-order chi connectivity index (χ1) is 9.26. The van der Waals surface area contributed by atoms with E-state index < -0.39 is 0 Å². The molecule has 1 heterocycles. The number of hydrogen-bond acceptors (Lipinski definition) is 6. The summed E-state index contributed by atoms with van der Waals surface area (Å²) in [4.78, 5) is 5.91. The van der Waals surface area contributed by atoms with E-state index in [2.05, 4.69) is 15.2 Å². The Morgan fingerprint density at radius 2 is 1.79 bits per heavy atom. The summed E-state index contributed by atoms with van der Waals surface area (Å²) < 4.78 is 0. The number of anilines is 1. The average molecular weight is 264 g/mol. The highest BCUT2D eigenvalue weighted by Crippen LogP contribution is 2.26. The monoisotopic (exact) mass is 264 g/mol. The topological polar surface area (TPSA) is 106 Å². The van der Waals surface area contributed by atoms with Crippen LogP contribution in [0.5, 0.6) is 5.75 Å². The molecule has 7 heteroatoms. The zero-order chi connectivity index (χ0) is 13.7. The highest BCUT2D eigenvalue weighted by Gasteiger charge is 2.14. The molecule has 0 bridgehead atoms. The molecule has 0 aliphatic carbocycles. The Balaban J connectivity index is 2.25. The summed E-state index contributed by atoms with van der Waals surface area (Å²) >= 11 is 0. The molecule has 4 N–H and O–H groups in total. The molecule has 0 aliphatic rings. The van der Waals surface area contributed by atoms with Crippen LogP contribution < -0.4 is 4.90 Å². The predicted octanol–water partition coefficient (Wildman–Crippen LogP) is -0.0317. The van der Waals surface area contributed by atoms with Crippen LogP contribution in [-0.2, 0) is 0 Å². The van der Waals surface area contributed by atoms with Crippen LogP contribution in [0.3, 0.4) is 0 Å². The second-order valence-electron chi connectivity index (χ2n) is 3.94. The van der Waals surface area contributed by atoms with Gasteiger partial charge in [-0.2, -0.15) is 4.98 Å². The van der Waals surface area contributed by atoms with Crippen LogP contribution >= 0.6 is 0 Å². The Labute approximate surface area is 110 Å². The van der Waals surface area contributed by atoms with Crippen LogP contribution in [-0.4, -0.2) is 56.8 Å². The first-order valence-electron chi connectivity index (χ1n) is 5.93. The maximum Gasteiger partial charge on any atom is 0.245 e. The summed E-state index contributed by atoms with van der Waals surface area (Å²) in [6.07, 6.45) is 0. The van der Waals surface area contributed by atoms with Gasteiger partial charge in [-0.15, -0.1) is 5.10 Å². The van der Waals surface area contributed by atoms with Crippen LogP contribution in [0.15, 0.2) is 24.3 Å². The standard InChI is InChI=1S/C12H16N4O3/c17-7-5-16(6-8-18)12-13-11(14-15-12)9-3-1-2-4-10(9)19/h1-4,17-19H,5-8H2,(H,13,14,15). The summed E-state index contributed by atoms with van der Waals surface area (Å²) in [6.45, 7) is 0.554. The van der Waals surface area contributed by atoms with Crippen molar-refractivity contribution in [1.82, 2.24) is 15.2 Å². The minimum atomic E-state index is -0.0551. The molecule has 0 amide bonds. The SMILES string of the molecule is OCCN(CCO)c1n[nH]c(-c2ccccc2O)n1. The molecule has 0 spiro atoms. The van der Waals surface area contributed by atoms with Crippen molar-refractivity contribution in [3.63, 3.8) is 0 Å². The first kappa shape index (κ1) is 13.3. The van der Waals surface area contributed by atoms with Gasteiger partial charge >= 0.3 is 0 Å². The molecule has 7 nitrogen and oxygen atoms in total. The van der Waals surface area contributed by atoms with Gasteiger partial charge in [0.2, 0.25) is 5.95 Å². The van der Waals surface area contributed by atoms with E-state index in [0.717, 1.165) is 0 Å². The Bertz CT molecular complexity index is 523. The zero-order valence-electron chi connectivity index (χ0n) is 10.3. The molecule has 1 aromatic carbocycles. The largest absolute Gasteiger partial charge is 0.507 e. The van der Waals surface area contributed by atoms with E-state index in [1.165, 1.54) is 0 Å². The number of aromatic amines is 1. The number of para-hydroxylation sites is 1. The maximum atomic E-state index is 9.74. The number of aliphatic hydroxyl groups excluding tert-OH is 2. The maximum absolute atomic E-state index is 9.74. The van der Waals surface area contributed by atoms with Crippen molar-refractivity contribution in [3.8, 4) is 17.1 Å². The number of phenolic OH excluding ortho intramolecular Hbond substituents is 1. The minimum absolute atomic E-state index is 0.0551. The van der Waals surface area contributed by atoms with Crippen LogP contribution in [0.4, 0.5) is 5.95 Å². The Morgan fingerprint density at radius 3 is 2.42 bits per heavy atom. The molecule has 0 saturated heterocycles. The fraction of sp³-hybridized carbons (Fsp3) is 0.333. The van der Waals surface area contributed by atoms with Gasteiger partial charge in [-0.1, -0.05) is 12.1 Å². The normalized spacial score (nSPS) is 10.6. The van der Waals surface area contributed by atoms with E-state index in [9.17, 15) is 5.11 Å². The Hall–Kier alpha value is -2.12. The second-order valence-corrected chi connectivity index (χ2v) is 3.94. The fourth-order valence-electron chi connectivity index (χ4n) is 1.74. The van der Waals surface area contributed by atoms with Crippen molar-refractivity contribution < 1.29 is 15.3 Å². The molecule has 2 aromatic rings. The molecular formula is C12H16N4O3. The summed E-state index contributed by atoms with van der Waals surface area (Å²) in [5.41, 5.74) is 0.550. The molecule has 0 atom stereocenters. The van der Waals surface area contributed by atoms with Crippen LogP contribution in [0.25, 0.3) is 11.4 Å². The highest BCUT2D eigenvalue weighted by molar-refractivity contribution is 5.64. The van der Waals surface area contributed by atoms with E-state index in [1.54, 1.807) is 29.2 Å². The lowest BCUT2D eigenvalue weighted by molar-refractivity contribution is 0.280. The summed E-state index contributed by atoms with van der Waals surface area (Å²) in [6, 6.07) is 6.80. The number of H-pyrrole nitrogens is 1. The van der Waals surface area contributed by atoms with Crippen LogP contribution in [0, 0.1) is 0 Å². The zero-order valence-corrected chi connectivity index (χ0v) is 10.3. The molecule has 0 fully saturated rings. The lowest BCUT2D eigenvalue weighted by Gasteiger charge is -2.17. The van der Waals surface area contributed by atoms with Crippen molar-refractivity contribution in [2.45, 2.75) is 0 Å². The molecule has 0 saturated carbocycles. The molecule has 2 rings (SSSR count). The lowest BCUT2D eigenvalue weighted by atomic mass is 10.2. The number of nitrogens with one attached hydrogen (secondary N) is 1. The summed E-state index contributed by atoms with van der Waals surface area (Å²) in [5.74, 6) is 0.927. The van der Waals surface area contributed by atoms with Crippen molar-refractivity contribution in [2.75, 3.05) is 31.2 Å². The van der Waals surface area contributed by atoms with Gasteiger partial charge in [-0.05, 0) is 12.1 Å². The molecule has 19 heavy (non-hydrogen) atoms. The van der Waals surface area contributed by atoms with E-state index in [1.807, 2.05) is 0 Å². The van der Waals surface area contributed by atoms with Gasteiger partial charge in [0.1, 0.15) is 5.75 Å². The van der Waals surface area contributed by atoms with Gasteiger partial charge in [0.15, 0.2) is 5.82 Å². The smallest absolute Gasteiger partial charge is 0.245 e. The number of phenols is 1. The van der Waals surface area contributed by atoms with Crippen molar-refractivity contribution >= 4 is 5.95 Å². The quantitative estimate of drug-likeness (QED) is 0.584. The van der Waals surface area contributed by atoms with Gasteiger partial charge < -0.3 is 20.2 Å². The third-order valence-corrected chi connectivity index (χ3v) is 2.66. The third kappa shape index (κ3) is 3.01. The third-order valence-electron chi connectivity index (χ3n) is 2.66. The number of hydrogen-bond donors (Lipinski definition) is 4. The number of aromatic hydroxyl groups is 1. The summed E-state index contributed by atoms with van der Waals surface area (Å²) in [7, 11) is 0. The Kier molecular flexibility index (Phi) is 4.32. The number of nitrogens with zero attached hydrogens (tertiary/aromatic N) is 3. The molecule has 1 aromatic heterocycles. The lowest BCUT2D eigenvalue weighted by Crippen LogP contribution is -2.30. The van der Waals surface area contributed by atoms with Gasteiger partial charge in [0.25, 0.3) is 0 Å². The molecule has 0 radical (unpaired) electrons. The minimum Gasteiger partial charge on any atom is -0.507 e. The van der Waals surface area contributed by atoms with Gasteiger partial charge in [0.05, 0.1) is 18.8 Å². The van der Waals surface area contributed by atoms with Crippen molar-refractivity contribution in [2.24, 2.45) is 0 Å². The number of aromatic nitrogens is 3. The number of rotatable bonds is 6. The van der Waals surface area contributed by atoms with Crippen molar-refractivity contribution in [1.29, 1.82) is 0 Å². The van der Waals surface area contributed by atoms with Gasteiger partial charge in [-0.3, -0.25) is 5.10 Å². The average Bonchev–Trinajstić information content (AvgIpc) is 2.88. The number of benzene rings is 1. The van der Waals surface area contributed by atoms with E-state index in [0.29, 0.717) is 30.4 Å². The molecule has 102 valence electrons. The predicted molar refractivity (Wildman–Crippen MR) is 69.9 cm³/mol. The second kappa shape index (κ2) is 6.17. The Morgan fingerprint density at radius 1 is 1.11 bits per heavy atom. The van der Waals surface area contributed by atoms with E-state index in [-0.39, 0.29) is 19.0 Å². The van der Waals surface area contributed by atoms with Crippen LogP contribution in [0.2, 0.25) is 0 Å². The molecule has 0 aliphatic heterocycles. The van der Waals surface area contributed by atoms with E-state index in [4.69, 9.17) is 10.2 Å². The van der Waals surface area contributed by atoms with Crippen LogP contribution in [0.1, 0.15) is 0 Å². The van der Waals surface area contributed by atoms with Gasteiger partial charge in [0, 0.05) is 13.1 Å². The van der Waals surface area contributed by atoms with E-state index >= 15 is 0 Å². The van der Waals surface area contributed by atoms with Gasteiger partial charge in [-0.25, -0.2) is 0 Å².